The molecule has 0 saturated carbocycles. The molecule has 0 bridgehead atoms. The van der Waals surface area contributed by atoms with Gasteiger partial charge in [-0.3, -0.25) is 9.59 Å². The number of hydrogen-bond acceptors (Lipinski definition) is 4. The number of hydrogen-bond donors (Lipinski definition) is 0. The molecule has 5 nitrogen and oxygen atoms in total. The summed E-state index contributed by atoms with van der Waals surface area (Å²) in [5, 5.41) is 2.53. The number of aromatic nitrogens is 2. The van der Waals surface area contributed by atoms with Gasteiger partial charge in [0.15, 0.2) is 0 Å². The molecule has 1 unspecified atom stereocenters. The standard InChI is InChI=1S/C26H27N3O2S/c1-4-28-17-23(24(30)22-13-12-18(2)27-25(22)28)26(31)29(16-20-9-6-5-7-10-20)19(3)15-21-11-8-14-32-21/h5-14,17,19H,4,15-16H2,1-3H3. The average molecular weight is 446 g/mol. The van der Waals surface area contributed by atoms with E-state index < -0.39 is 0 Å². The molecule has 0 saturated heterocycles. The molecule has 6 heteroatoms. The second-order valence-corrected chi connectivity index (χ2v) is 9.07. The third kappa shape index (κ3) is 4.50. The molecule has 0 aliphatic rings. The summed E-state index contributed by atoms with van der Waals surface area (Å²) in [6.45, 7) is 7.00. The van der Waals surface area contributed by atoms with E-state index in [1.165, 1.54) is 4.88 Å². The molecule has 1 atom stereocenters. The maximum absolute atomic E-state index is 13.8. The van der Waals surface area contributed by atoms with Gasteiger partial charge in [0, 0.05) is 42.3 Å². The van der Waals surface area contributed by atoms with Gasteiger partial charge in [-0.1, -0.05) is 36.4 Å². The summed E-state index contributed by atoms with van der Waals surface area (Å²) in [7, 11) is 0. The van der Waals surface area contributed by atoms with Crippen LogP contribution in [0, 0.1) is 6.92 Å². The number of rotatable bonds is 7. The Hall–Kier alpha value is -3.25. The third-order valence-electron chi connectivity index (χ3n) is 5.70. The number of carbonyl (C=O) groups excluding carboxylic acids is 1. The lowest BCUT2D eigenvalue weighted by molar-refractivity contribution is 0.0674. The average Bonchev–Trinajstić information content (AvgIpc) is 3.31. The van der Waals surface area contributed by atoms with E-state index >= 15 is 0 Å². The van der Waals surface area contributed by atoms with Gasteiger partial charge in [-0.05, 0) is 49.9 Å². The van der Waals surface area contributed by atoms with Gasteiger partial charge in [-0.2, -0.15) is 0 Å². The van der Waals surface area contributed by atoms with Gasteiger partial charge in [0.05, 0.1) is 5.39 Å². The summed E-state index contributed by atoms with van der Waals surface area (Å²) in [6.07, 6.45) is 2.42. The first-order valence-electron chi connectivity index (χ1n) is 10.9. The van der Waals surface area contributed by atoms with Crippen molar-refractivity contribution in [2.45, 2.75) is 46.3 Å². The van der Waals surface area contributed by atoms with E-state index in [4.69, 9.17) is 0 Å². The van der Waals surface area contributed by atoms with Crippen LogP contribution in [0.2, 0.25) is 0 Å². The zero-order chi connectivity index (χ0) is 22.7. The fourth-order valence-electron chi connectivity index (χ4n) is 3.95. The number of benzene rings is 1. The van der Waals surface area contributed by atoms with Crippen molar-refractivity contribution in [3.05, 3.63) is 98.1 Å². The molecule has 1 aromatic carbocycles. The van der Waals surface area contributed by atoms with Crippen LogP contribution in [0.3, 0.4) is 0 Å². The first-order chi connectivity index (χ1) is 15.5. The van der Waals surface area contributed by atoms with Crippen molar-refractivity contribution >= 4 is 28.3 Å². The normalized spacial score (nSPS) is 12.1. The number of nitrogens with zero attached hydrogens (tertiary/aromatic N) is 3. The van der Waals surface area contributed by atoms with Crippen molar-refractivity contribution in [3.63, 3.8) is 0 Å². The fourth-order valence-corrected chi connectivity index (χ4v) is 4.77. The van der Waals surface area contributed by atoms with Gasteiger partial charge in [0.1, 0.15) is 11.2 Å². The first kappa shape index (κ1) is 22.0. The molecule has 32 heavy (non-hydrogen) atoms. The smallest absolute Gasteiger partial charge is 0.259 e. The van der Waals surface area contributed by atoms with Gasteiger partial charge in [0.25, 0.3) is 5.91 Å². The minimum atomic E-state index is -0.261. The Bertz CT molecular complexity index is 1280. The van der Waals surface area contributed by atoms with Crippen LogP contribution in [-0.4, -0.2) is 26.4 Å². The Morgan fingerprint density at radius 2 is 1.91 bits per heavy atom. The molecule has 0 radical (unpaired) electrons. The lowest BCUT2D eigenvalue weighted by Crippen LogP contribution is -2.41. The molecule has 1 amide bonds. The molecule has 3 aromatic heterocycles. The van der Waals surface area contributed by atoms with E-state index in [-0.39, 0.29) is 22.9 Å². The lowest BCUT2D eigenvalue weighted by atomic mass is 10.1. The summed E-state index contributed by atoms with van der Waals surface area (Å²) in [5.74, 6) is -0.243. The van der Waals surface area contributed by atoms with Crippen LogP contribution in [0.15, 0.2) is 71.0 Å². The number of fused-ring (bicyclic) bond motifs is 1. The second kappa shape index (κ2) is 9.49. The topological polar surface area (TPSA) is 55.2 Å². The Kier molecular flexibility index (Phi) is 6.51. The van der Waals surface area contributed by atoms with Crippen LogP contribution in [0.1, 0.15) is 40.3 Å². The molecule has 4 aromatic rings. The van der Waals surface area contributed by atoms with Crippen LogP contribution in [0.5, 0.6) is 0 Å². The minimum absolute atomic E-state index is 0.0670. The maximum atomic E-state index is 13.8. The summed E-state index contributed by atoms with van der Waals surface area (Å²) >= 11 is 1.68. The molecule has 4 rings (SSSR count). The van der Waals surface area contributed by atoms with E-state index in [0.717, 1.165) is 17.7 Å². The van der Waals surface area contributed by atoms with Crippen molar-refractivity contribution in [1.29, 1.82) is 0 Å². The number of carbonyl (C=O) groups is 1. The highest BCUT2D eigenvalue weighted by Crippen LogP contribution is 2.19. The second-order valence-electron chi connectivity index (χ2n) is 8.03. The van der Waals surface area contributed by atoms with E-state index in [1.54, 1.807) is 23.6 Å². The van der Waals surface area contributed by atoms with E-state index in [2.05, 4.69) is 11.1 Å². The number of pyridine rings is 2. The molecule has 0 fully saturated rings. The molecular weight excluding hydrogens is 418 g/mol. The number of amides is 1. The molecule has 0 aliphatic carbocycles. The van der Waals surface area contributed by atoms with E-state index in [9.17, 15) is 9.59 Å². The summed E-state index contributed by atoms with van der Waals surface area (Å²) in [5.41, 5.74) is 2.43. The summed E-state index contributed by atoms with van der Waals surface area (Å²) in [4.78, 5) is 34.7. The largest absolute Gasteiger partial charge is 0.332 e. The van der Waals surface area contributed by atoms with Gasteiger partial charge in [-0.15, -0.1) is 11.3 Å². The Morgan fingerprint density at radius 3 is 2.59 bits per heavy atom. The predicted molar refractivity (Wildman–Crippen MR) is 130 cm³/mol. The van der Waals surface area contributed by atoms with Crippen molar-refractivity contribution in [2.24, 2.45) is 0 Å². The highest BCUT2D eigenvalue weighted by Gasteiger charge is 2.26. The molecule has 0 aliphatic heterocycles. The Morgan fingerprint density at radius 1 is 1.12 bits per heavy atom. The predicted octanol–water partition coefficient (Wildman–Crippen LogP) is 5.06. The Balaban J connectivity index is 1.77. The minimum Gasteiger partial charge on any atom is -0.332 e. The molecule has 164 valence electrons. The Labute approximate surface area is 192 Å². The van der Waals surface area contributed by atoms with Gasteiger partial charge in [-0.25, -0.2) is 4.98 Å². The van der Waals surface area contributed by atoms with Crippen LogP contribution < -0.4 is 5.43 Å². The lowest BCUT2D eigenvalue weighted by Gasteiger charge is -2.29. The van der Waals surface area contributed by atoms with Crippen molar-refractivity contribution < 1.29 is 4.79 Å². The molecule has 3 heterocycles. The zero-order valence-electron chi connectivity index (χ0n) is 18.6. The van der Waals surface area contributed by atoms with Crippen molar-refractivity contribution in [3.8, 4) is 0 Å². The highest BCUT2D eigenvalue weighted by atomic mass is 32.1. The van der Waals surface area contributed by atoms with Crippen molar-refractivity contribution in [1.82, 2.24) is 14.5 Å². The van der Waals surface area contributed by atoms with Gasteiger partial charge >= 0.3 is 0 Å². The van der Waals surface area contributed by atoms with Crippen molar-refractivity contribution in [2.75, 3.05) is 0 Å². The number of thiophene rings is 1. The van der Waals surface area contributed by atoms with Gasteiger partial charge in [0.2, 0.25) is 5.43 Å². The zero-order valence-corrected chi connectivity index (χ0v) is 19.4. The fraction of sp³-hybridized carbons (Fsp3) is 0.269. The van der Waals surface area contributed by atoms with Gasteiger partial charge < -0.3 is 9.47 Å². The van der Waals surface area contributed by atoms with Crippen LogP contribution in [0.25, 0.3) is 11.0 Å². The summed E-state index contributed by atoms with van der Waals surface area (Å²) in [6, 6.07) is 17.6. The maximum Gasteiger partial charge on any atom is 0.259 e. The SMILES string of the molecule is CCn1cc(C(=O)N(Cc2ccccc2)C(C)Cc2cccs2)c(=O)c2ccc(C)nc21. The molecular formula is C26H27N3O2S. The first-order valence-corrected chi connectivity index (χ1v) is 11.7. The van der Waals surface area contributed by atoms with Crippen LogP contribution in [-0.2, 0) is 19.5 Å². The van der Waals surface area contributed by atoms with E-state index in [0.29, 0.717) is 24.1 Å². The molecule has 0 N–H and O–H groups in total. The quantitative estimate of drug-likeness (QED) is 0.400. The summed E-state index contributed by atoms with van der Waals surface area (Å²) < 4.78 is 1.89. The highest BCUT2D eigenvalue weighted by molar-refractivity contribution is 7.09. The van der Waals surface area contributed by atoms with Crippen LogP contribution >= 0.6 is 11.3 Å². The third-order valence-corrected chi connectivity index (χ3v) is 6.60. The van der Waals surface area contributed by atoms with E-state index in [1.807, 2.05) is 78.1 Å². The number of aryl methyl sites for hydroxylation is 2. The molecule has 0 spiro atoms. The monoisotopic (exact) mass is 445 g/mol. The van der Waals surface area contributed by atoms with Crippen LogP contribution in [0.4, 0.5) is 0 Å².